The number of anilines is 1. The van der Waals surface area contributed by atoms with Crippen LogP contribution < -0.4 is 10.5 Å². The van der Waals surface area contributed by atoms with Gasteiger partial charge in [0, 0.05) is 12.6 Å². The molecule has 1 aromatic heterocycles. The lowest BCUT2D eigenvalue weighted by Crippen LogP contribution is -2.28. The average Bonchev–Trinajstić information content (AvgIpc) is 3.25. The first kappa shape index (κ1) is 12.2. The van der Waals surface area contributed by atoms with Crippen LogP contribution in [0, 0.1) is 0 Å². The highest BCUT2D eigenvalue weighted by Gasteiger charge is 2.31. The molecule has 19 heavy (non-hydrogen) atoms. The molecule has 3 rings (SSSR count). The molecule has 0 bridgehead atoms. The molecule has 0 spiro atoms. The minimum atomic E-state index is -0.287. The highest BCUT2D eigenvalue weighted by molar-refractivity contribution is 6.32. The first-order valence-corrected chi connectivity index (χ1v) is 6.67. The lowest BCUT2D eigenvalue weighted by Gasteiger charge is -2.24. The number of rotatable bonds is 4. The monoisotopic (exact) mass is 275 g/mol. The summed E-state index contributed by atoms with van der Waals surface area (Å²) in [5.74, 6) is 0.580. The van der Waals surface area contributed by atoms with Gasteiger partial charge >= 0.3 is 0 Å². The summed E-state index contributed by atoms with van der Waals surface area (Å²) in [5.41, 5.74) is 0.901. The van der Waals surface area contributed by atoms with E-state index in [-0.39, 0.29) is 10.6 Å². The van der Waals surface area contributed by atoms with Gasteiger partial charge in [-0.1, -0.05) is 41.9 Å². The van der Waals surface area contributed by atoms with Crippen molar-refractivity contribution in [1.82, 2.24) is 9.97 Å². The van der Waals surface area contributed by atoms with E-state index in [0.29, 0.717) is 11.9 Å². The van der Waals surface area contributed by atoms with Crippen LogP contribution in [0.5, 0.6) is 0 Å². The van der Waals surface area contributed by atoms with Crippen molar-refractivity contribution >= 4 is 17.4 Å². The smallest absolute Gasteiger partial charge is 0.271 e. The van der Waals surface area contributed by atoms with E-state index in [2.05, 4.69) is 27.0 Å². The fourth-order valence-electron chi connectivity index (χ4n) is 2.12. The molecule has 1 fully saturated rings. The van der Waals surface area contributed by atoms with Crippen LogP contribution in [0.1, 0.15) is 18.4 Å². The molecule has 0 amide bonds. The lowest BCUT2D eigenvalue weighted by atomic mass is 10.2. The van der Waals surface area contributed by atoms with E-state index >= 15 is 0 Å². The standard InChI is InChI=1S/C14H14ClN3O/c15-12-13(16-9-17-14(12)19)18(11-6-7-11)8-10-4-2-1-3-5-10/h1-5,9,11H,6-8H2,(H,16,17,19). The molecule has 1 N–H and O–H groups in total. The maximum Gasteiger partial charge on any atom is 0.271 e. The molecule has 2 aromatic rings. The van der Waals surface area contributed by atoms with E-state index in [1.165, 1.54) is 11.9 Å². The van der Waals surface area contributed by atoms with Crippen molar-refractivity contribution in [2.24, 2.45) is 0 Å². The normalized spacial score (nSPS) is 14.4. The van der Waals surface area contributed by atoms with Crippen molar-refractivity contribution in [3.05, 3.63) is 57.6 Å². The summed E-state index contributed by atoms with van der Waals surface area (Å²) in [6.07, 6.45) is 3.65. The van der Waals surface area contributed by atoms with Crippen molar-refractivity contribution in [1.29, 1.82) is 0 Å². The average molecular weight is 276 g/mol. The molecule has 0 saturated heterocycles. The Labute approximate surface area is 116 Å². The van der Waals surface area contributed by atoms with Gasteiger partial charge in [0.1, 0.15) is 5.02 Å². The zero-order chi connectivity index (χ0) is 13.2. The van der Waals surface area contributed by atoms with Gasteiger partial charge in [-0.25, -0.2) is 4.98 Å². The van der Waals surface area contributed by atoms with E-state index in [9.17, 15) is 4.79 Å². The Bertz CT molecular complexity index is 622. The molecule has 1 heterocycles. The SMILES string of the molecule is O=c1[nH]cnc(N(Cc2ccccc2)C2CC2)c1Cl. The summed E-state index contributed by atoms with van der Waals surface area (Å²) in [5, 5.41) is 0.172. The Morgan fingerprint density at radius 1 is 1.32 bits per heavy atom. The van der Waals surface area contributed by atoms with Crippen LogP contribution in [0.25, 0.3) is 0 Å². The molecule has 98 valence electrons. The zero-order valence-electron chi connectivity index (χ0n) is 10.3. The van der Waals surface area contributed by atoms with Gasteiger partial charge in [-0.3, -0.25) is 4.79 Å². The first-order valence-electron chi connectivity index (χ1n) is 6.29. The van der Waals surface area contributed by atoms with Crippen LogP contribution in [-0.4, -0.2) is 16.0 Å². The molecule has 5 heteroatoms. The number of aromatic nitrogens is 2. The number of nitrogens with zero attached hydrogens (tertiary/aromatic N) is 2. The highest BCUT2D eigenvalue weighted by atomic mass is 35.5. The topological polar surface area (TPSA) is 49.0 Å². The molecule has 0 atom stereocenters. The van der Waals surface area contributed by atoms with Crippen molar-refractivity contribution in [3.63, 3.8) is 0 Å². The van der Waals surface area contributed by atoms with Gasteiger partial charge in [-0.05, 0) is 18.4 Å². The van der Waals surface area contributed by atoms with E-state index in [1.807, 2.05) is 18.2 Å². The third kappa shape index (κ3) is 2.63. The summed E-state index contributed by atoms with van der Waals surface area (Å²) in [4.78, 5) is 20.4. The van der Waals surface area contributed by atoms with E-state index in [4.69, 9.17) is 11.6 Å². The summed E-state index contributed by atoms with van der Waals surface area (Å²) >= 11 is 6.08. The number of hydrogen-bond acceptors (Lipinski definition) is 3. The van der Waals surface area contributed by atoms with Gasteiger partial charge in [-0.15, -0.1) is 0 Å². The van der Waals surface area contributed by atoms with Gasteiger partial charge in [0.2, 0.25) is 0 Å². The summed E-state index contributed by atoms with van der Waals surface area (Å²) in [6, 6.07) is 10.6. The largest absolute Gasteiger partial charge is 0.348 e. The van der Waals surface area contributed by atoms with Crippen molar-refractivity contribution < 1.29 is 0 Å². The first-order chi connectivity index (χ1) is 9.25. The number of benzene rings is 1. The van der Waals surface area contributed by atoms with Crippen LogP contribution in [0.4, 0.5) is 5.82 Å². The third-order valence-electron chi connectivity index (χ3n) is 3.23. The van der Waals surface area contributed by atoms with Gasteiger partial charge in [0.05, 0.1) is 6.33 Å². The quantitative estimate of drug-likeness (QED) is 0.933. The van der Waals surface area contributed by atoms with Gasteiger partial charge in [-0.2, -0.15) is 0 Å². The highest BCUT2D eigenvalue weighted by Crippen LogP contribution is 2.34. The number of H-pyrrole nitrogens is 1. The molecular formula is C14H14ClN3O. The van der Waals surface area contributed by atoms with E-state index < -0.39 is 0 Å². The molecule has 0 radical (unpaired) electrons. The molecule has 1 aliphatic rings. The fraction of sp³-hybridized carbons (Fsp3) is 0.286. The molecule has 0 aliphatic heterocycles. The predicted molar refractivity (Wildman–Crippen MR) is 75.5 cm³/mol. The van der Waals surface area contributed by atoms with Gasteiger partial charge in [0.15, 0.2) is 5.82 Å². The minimum absolute atomic E-state index is 0.172. The Balaban J connectivity index is 1.93. The molecular weight excluding hydrogens is 262 g/mol. The van der Waals surface area contributed by atoms with E-state index in [0.717, 1.165) is 19.4 Å². The third-order valence-corrected chi connectivity index (χ3v) is 3.57. The maximum absolute atomic E-state index is 11.6. The molecule has 1 aromatic carbocycles. The second-order valence-electron chi connectivity index (χ2n) is 4.71. The van der Waals surface area contributed by atoms with Crippen LogP contribution in [0.15, 0.2) is 41.5 Å². The number of aromatic amines is 1. The van der Waals surface area contributed by atoms with E-state index in [1.54, 1.807) is 0 Å². The number of hydrogen-bond donors (Lipinski definition) is 1. The Hall–Kier alpha value is -1.81. The zero-order valence-corrected chi connectivity index (χ0v) is 11.1. The fourth-order valence-corrected chi connectivity index (χ4v) is 2.33. The molecule has 0 unspecified atom stereocenters. The molecule has 1 saturated carbocycles. The van der Waals surface area contributed by atoms with Gasteiger partial charge in [0.25, 0.3) is 5.56 Å². The number of nitrogens with one attached hydrogen (secondary N) is 1. The van der Waals surface area contributed by atoms with Crippen LogP contribution >= 0.6 is 11.6 Å². The van der Waals surface area contributed by atoms with Gasteiger partial charge < -0.3 is 9.88 Å². The van der Waals surface area contributed by atoms with Crippen molar-refractivity contribution in [3.8, 4) is 0 Å². The maximum atomic E-state index is 11.6. The van der Waals surface area contributed by atoms with Crippen LogP contribution in [0.2, 0.25) is 5.02 Å². The van der Waals surface area contributed by atoms with Crippen LogP contribution in [0.3, 0.4) is 0 Å². The summed E-state index contributed by atoms with van der Waals surface area (Å²) < 4.78 is 0. The predicted octanol–water partition coefficient (Wildman–Crippen LogP) is 2.59. The number of halogens is 1. The van der Waals surface area contributed by atoms with Crippen molar-refractivity contribution in [2.75, 3.05) is 4.90 Å². The Morgan fingerprint density at radius 3 is 2.74 bits per heavy atom. The second kappa shape index (κ2) is 5.05. The van der Waals surface area contributed by atoms with Crippen molar-refractivity contribution in [2.45, 2.75) is 25.4 Å². The molecule has 4 nitrogen and oxygen atoms in total. The second-order valence-corrected chi connectivity index (χ2v) is 5.09. The summed E-state index contributed by atoms with van der Waals surface area (Å²) in [7, 11) is 0. The minimum Gasteiger partial charge on any atom is -0.348 e. The Kier molecular flexibility index (Phi) is 3.25. The molecule has 1 aliphatic carbocycles. The lowest BCUT2D eigenvalue weighted by molar-refractivity contribution is 0.774. The van der Waals surface area contributed by atoms with Crippen LogP contribution in [-0.2, 0) is 6.54 Å². The Morgan fingerprint density at radius 2 is 2.05 bits per heavy atom. The summed E-state index contributed by atoms with van der Waals surface area (Å²) in [6.45, 7) is 0.724.